The third-order valence-electron chi connectivity index (χ3n) is 14.1. The molecule has 0 nitrogen and oxygen atoms in total. The molecule has 0 saturated heterocycles. The van der Waals surface area contributed by atoms with Crippen LogP contribution in [0.1, 0.15) is 47.2 Å². The molecular weight excluding hydrogens is 769 g/mol. The highest BCUT2D eigenvalue weighted by atomic mass is 14.5. The lowest BCUT2D eigenvalue weighted by Crippen LogP contribution is -2.29. The predicted octanol–water partition coefficient (Wildman–Crippen LogP) is 16.7. The zero-order valence-corrected chi connectivity index (χ0v) is 36.1. The molecule has 0 heterocycles. The summed E-state index contributed by atoms with van der Waals surface area (Å²) in [6.07, 6.45) is 0. The Balaban J connectivity index is 1.16. The van der Waals surface area contributed by atoms with Crippen LogP contribution in [-0.2, 0) is 10.8 Å². The van der Waals surface area contributed by atoms with Crippen LogP contribution in [0.15, 0.2) is 243 Å². The van der Waals surface area contributed by atoms with Crippen LogP contribution in [0.4, 0.5) is 0 Å². The summed E-state index contributed by atoms with van der Waals surface area (Å²) in [5, 5.41) is 0. The third kappa shape index (κ3) is 5.90. The molecule has 10 aromatic carbocycles. The molecule has 0 saturated carbocycles. The van der Waals surface area contributed by atoms with E-state index >= 15 is 0 Å². The summed E-state index contributed by atoms with van der Waals surface area (Å²) < 4.78 is 0. The van der Waals surface area contributed by atoms with Crippen LogP contribution < -0.4 is 0 Å². The van der Waals surface area contributed by atoms with E-state index in [0.29, 0.717) is 0 Å². The second kappa shape index (κ2) is 14.9. The quantitative estimate of drug-likeness (QED) is 0.150. The molecule has 0 fully saturated rings. The van der Waals surface area contributed by atoms with E-state index in [-0.39, 0.29) is 5.41 Å². The van der Waals surface area contributed by atoms with E-state index in [2.05, 4.69) is 257 Å². The Labute approximate surface area is 376 Å². The largest absolute Gasteiger partial charge is 0.0714 e. The Kier molecular flexibility index (Phi) is 8.85. The summed E-state index contributed by atoms with van der Waals surface area (Å²) in [7, 11) is 0. The summed E-state index contributed by atoms with van der Waals surface area (Å²) in [6.45, 7) is 4.79. The highest BCUT2D eigenvalue weighted by Gasteiger charge is 2.50. The first kappa shape index (κ1) is 37.9. The van der Waals surface area contributed by atoms with Crippen molar-refractivity contribution >= 4 is 0 Å². The molecule has 0 aromatic heterocycles. The summed E-state index contributed by atoms with van der Waals surface area (Å²) >= 11 is 0. The average Bonchev–Trinajstić information content (AvgIpc) is 3.80. The number of benzene rings is 10. The number of hydrogen-bond acceptors (Lipinski definition) is 0. The van der Waals surface area contributed by atoms with Gasteiger partial charge in [0.15, 0.2) is 0 Å². The second-order valence-corrected chi connectivity index (χ2v) is 18.0. The van der Waals surface area contributed by atoms with Crippen molar-refractivity contribution < 1.29 is 0 Å². The van der Waals surface area contributed by atoms with E-state index < -0.39 is 5.41 Å². The van der Waals surface area contributed by atoms with Crippen LogP contribution in [0.3, 0.4) is 0 Å². The zero-order chi connectivity index (χ0) is 42.8. The smallest absolute Gasteiger partial charge is 0.0622 e. The average molecular weight is 815 g/mol. The van der Waals surface area contributed by atoms with Gasteiger partial charge in [-0.15, -0.1) is 0 Å². The molecule has 0 N–H and O–H groups in total. The minimum absolute atomic E-state index is 0.135. The van der Waals surface area contributed by atoms with Gasteiger partial charge in [-0.1, -0.05) is 226 Å². The predicted molar refractivity (Wildman–Crippen MR) is 268 cm³/mol. The van der Waals surface area contributed by atoms with Gasteiger partial charge < -0.3 is 0 Å². The lowest BCUT2D eigenvalue weighted by molar-refractivity contribution is 0.659. The van der Waals surface area contributed by atoms with E-state index in [1.807, 2.05) is 0 Å². The molecule has 2 aliphatic carbocycles. The molecule has 10 aromatic rings. The molecule has 0 amide bonds. The summed E-state index contributed by atoms with van der Waals surface area (Å²) in [6, 6.07) is 90.5. The van der Waals surface area contributed by atoms with E-state index in [9.17, 15) is 0 Å². The van der Waals surface area contributed by atoms with Gasteiger partial charge in [0.25, 0.3) is 0 Å². The van der Waals surface area contributed by atoms with Gasteiger partial charge in [0, 0.05) is 5.41 Å². The maximum atomic E-state index is 2.51. The molecular formula is C64H46. The van der Waals surface area contributed by atoms with Gasteiger partial charge in [-0.2, -0.15) is 0 Å². The summed E-state index contributed by atoms with van der Waals surface area (Å²) in [5.41, 5.74) is 24.5. The van der Waals surface area contributed by atoms with Gasteiger partial charge in [-0.05, 0) is 142 Å². The molecule has 0 aliphatic heterocycles. The minimum atomic E-state index is -0.660. The van der Waals surface area contributed by atoms with Crippen LogP contribution in [0.2, 0.25) is 0 Å². The van der Waals surface area contributed by atoms with Gasteiger partial charge in [-0.3, -0.25) is 0 Å². The molecule has 0 unspecified atom stereocenters. The molecule has 0 heteroatoms. The summed E-state index contributed by atoms with van der Waals surface area (Å²) in [5.74, 6) is 0. The van der Waals surface area contributed by atoms with Crippen molar-refractivity contribution in [1.29, 1.82) is 0 Å². The van der Waals surface area contributed by atoms with Crippen LogP contribution in [0.25, 0.3) is 77.9 Å². The normalized spacial score (nSPS) is 13.7. The molecule has 64 heavy (non-hydrogen) atoms. The Morgan fingerprint density at radius 3 is 1.14 bits per heavy atom. The molecule has 0 spiro atoms. The van der Waals surface area contributed by atoms with Crippen molar-refractivity contribution in [3.63, 3.8) is 0 Å². The monoisotopic (exact) mass is 814 g/mol. The van der Waals surface area contributed by atoms with Gasteiger partial charge in [-0.25, -0.2) is 0 Å². The van der Waals surface area contributed by atoms with E-state index in [1.165, 1.54) is 111 Å². The topological polar surface area (TPSA) is 0 Å². The van der Waals surface area contributed by atoms with Gasteiger partial charge >= 0.3 is 0 Å². The summed E-state index contributed by atoms with van der Waals surface area (Å²) in [4.78, 5) is 0. The molecule has 0 atom stereocenters. The van der Waals surface area contributed by atoms with Crippen LogP contribution in [0, 0.1) is 0 Å². The molecule has 0 bridgehead atoms. The molecule has 0 radical (unpaired) electrons. The first-order chi connectivity index (χ1) is 31.5. The molecule has 12 rings (SSSR count). The Bertz CT molecular complexity index is 3260. The van der Waals surface area contributed by atoms with Crippen LogP contribution in [-0.4, -0.2) is 0 Å². The van der Waals surface area contributed by atoms with E-state index in [4.69, 9.17) is 0 Å². The first-order valence-electron chi connectivity index (χ1n) is 22.5. The van der Waals surface area contributed by atoms with E-state index in [0.717, 1.165) is 0 Å². The molecule has 2 aliphatic rings. The number of hydrogen-bond donors (Lipinski definition) is 0. The van der Waals surface area contributed by atoms with Crippen LogP contribution >= 0.6 is 0 Å². The van der Waals surface area contributed by atoms with Crippen molar-refractivity contribution in [3.05, 3.63) is 276 Å². The lowest BCUT2D eigenvalue weighted by atomic mass is 9.66. The lowest BCUT2D eigenvalue weighted by Gasteiger charge is -2.35. The fourth-order valence-corrected chi connectivity index (χ4v) is 11.1. The van der Waals surface area contributed by atoms with Crippen LogP contribution in [0.5, 0.6) is 0 Å². The van der Waals surface area contributed by atoms with Crippen molar-refractivity contribution in [3.8, 4) is 77.9 Å². The van der Waals surface area contributed by atoms with Crippen molar-refractivity contribution in [2.75, 3.05) is 0 Å². The maximum absolute atomic E-state index is 2.51. The van der Waals surface area contributed by atoms with Gasteiger partial charge in [0.2, 0.25) is 0 Å². The highest BCUT2D eigenvalue weighted by molar-refractivity contribution is 6.01. The van der Waals surface area contributed by atoms with Crippen molar-refractivity contribution in [1.82, 2.24) is 0 Å². The first-order valence-corrected chi connectivity index (χ1v) is 22.5. The highest BCUT2D eigenvalue weighted by Crippen LogP contribution is 2.63. The van der Waals surface area contributed by atoms with E-state index in [1.54, 1.807) is 0 Å². The number of fused-ring (bicyclic) bond motifs is 7. The fraction of sp³-hybridized carbons (Fsp3) is 0.0625. The second-order valence-electron chi connectivity index (χ2n) is 18.0. The Morgan fingerprint density at radius 1 is 0.234 bits per heavy atom. The third-order valence-corrected chi connectivity index (χ3v) is 14.1. The van der Waals surface area contributed by atoms with Gasteiger partial charge in [0.05, 0.1) is 5.41 Å². The Hall–Kier alpha value is -7.80. The zero-order valence-electron chi connectivity index (χ0n) is 36.1. The fourth-order valence-electron chi connectivity index (χ4n) is 11.1. The standard InChI is InChI=1S/C64H46/c1-63(2)57-33-13-12-32-55(57)61-58(63)36-37-59-62(61)56-35-34-52(45-22-10-5-11-23-45)42-60(56)64(59,53-30-16-28-50(40-53)48-26-14-24-46(38-48)43-18-6-3-7-19-43)54-31-17-29-51(41-54)49-27-15-25-47(39-49)44-20-8-4-9-21-44/h3-42H,1-2H3. The Morgan fingerprint density at radius 2 is 0.609 bits per heavy atom. The van der Waals surface area contributed by atoms with Crippen molar-refractivity contribution in [2.45, 2.75) is 24.7 Å². The molecule has 302 valence electrons. The number of rotatable bonds is 7. The SMILES string of the molecule is CC1(C)c2ccccc2-c2c1ccc1c2-c2ccc(-c3ccccc3)cc2C1(c1cccc(-c2cccc(-c3ccccc3)c2)c1)c1cccc(-c2cccc(-c3ccccc3)c2)c1. The minimum Gasteiger partial charge on any atom is -0.0622 e. The van der Waals surface area contributed by atoms with Crippen molar-refractivity contribution in [2.24, 2.45) is 0 Å². The maximum Gasteiger partial charge on any atom is 0.0714 e. The van der Waals surface area contributed by atoms with Gasteiger partial charge in [0.1, 0.15) is 0 Å².